The van der Waals surface area contributed by atoms with Crippen molar-refractivity contribution < 1.29 is 9.63 Å². The Morgan fingerprint density at radius 2 is 2.05 bits per heavy atom. The minimum absolute atomic E-state index is 0.0815. The lowest BCUT2D eigenvalue weighted by Gasteiger charge is -2.40. The summed E-state index contributed by atoms with van der Waals surface area (Å²) in [7, 11) is 0. The molecule has 0 aromatic heterocycles. The van der Waals surface area contributed by atoms with Crippen molar-refractivity contribution in [2.45, 2.75) is 50.9 Å². The van der Waals surface area contributed by atoms with E-state index in [2.05, 4.69) is 24.0 Å². The molecule has 3 saturated heterocycles. The Labute approximate surface area is 125 Å². The third kappa shape index (κ3) is 2.17. The second-order valence-electron chi connectivity index (χ2n) is 6.62. The van der Waals surface area contributed by atoms with Crippen LogP contribution in [0, 0.1) is 5.92 Å². The Kier molecular flexibility index (Phi) is 3.23. The number of hydroxylamine groups is 2. The monoisotopic (exact) mass is 286 g/mol. The molecule has 3 unspecified atom stereocenters. The van der Waals surface area contributed by atoms with E-state index >= 15 is 0 Å². The Hall–Kier alpha value is -1.39. The van der Waals surface area contributed by atoms with Crippen LogP contribution in [0.2, 0.25) is 0 Å². The lowest BCUT2D eigenvalue weighted by Crippen LogP contribution is -2.56. The van der Waals surface area contributed by atoms with Gasteiger partial charge in [-0.15, -0.1) is 0 Å². The molecule has 1 aromatic carbocycles. The Morgan fingerprint density at radius 1 is 1.24 bits per heavy atom. The molecule has 0 bridgehead atoms. The van der Waals surface area contributed by atoms with E-state index in [1.54, 1.807) is 0 Å². The molecule has 0 spiro atoms. The van der Waals surface area contributed by atoms with Crippen LogP contribution in [0.25, 0.3) is 0 Å². The fourth-order valence-electron chi connectivity index (χ4n) is 4.23. The van der Waals surface area contributed by atoms with Gasteiger partial charge in [0.2, 0.25) is 5.91 Å². The quantitative estimate of drug-likeness (QED) is 0.835. The number of carbonyl (C=O) groups excluding carboxylic acids is 1. The van der Waals surface area contributed by atoms with Crippen LogP contribution >= 0.6 is 0 Å². The van der Waals surface area contributed by atoms with Crippen LogP contribution in [0.4, 0.5) is 0 Å². The number of amides is 1. The van der Waals surface area contributed by atoms with Gasteiger partial charge in [0, 0.05) is 24.5 Å². The lowest BCUT2D eigenvalue weighted by atomic mass is 9.87. The van der Waals surface area contributed by atoms with E-state index in [9.17, 15) is 4.79 Å². The molecular formula is C17H22N2O2. The largest absolute Gasteiger partial charge is 0.336 e. The van der Waals surface area contributed by atoms with Crippen molar-refractivity contribution in [2.24, 2.45) is 5.92 Å². The molecule has 1 aromatic rings. The van der Waals surface area contributed by atoms with Crippen molar-refractivity contribution in [3.8, 4) is 0 Å². The van der Waals surface area contributed by atoms with Gasteiger partial charge in [0.1, 0.15) is 6.04 Å². The van der Waals surface area contributed by atoms with Crippen molar-refractivity contribution in [3.63, 3.8) is 0 Å². The van der Waals surface area contributed by atoms with Crippen LogP contribution in [-0.4, -0.2) is 40.6 Å². The molecule has 0 radical (unpaired) electrons. The summed E-state index contributed by atoms with van der Waals surface area (Å²) in [6, 6.07) is 11.0. The molecule has 3 fully saturated rings. The SMILES string of the molecule is C[C@@H]1CCC2CC3CON(Cc4ccccc4)C3C(=O)N21. The second-order valence-corrected chi connectivity index (χ2v) is 6.62. The van der Waals surface area contributed by atoms with Gasteiger partial charge in [0.15, 0.2) is 0 Å². The van der Waals surface area contributed by atoms with Gasteiger partial charge >= 0.3 is 0 Å². The molecule has 0 aliphatic carbocycles. The number of hydrogen-bond donors (Lipinski definition) is 0. The number of piperidine rings is 1. The van der Waals surface area contributed by atoms with Crippen LogP contribution in [0.1, 0.15) is 31.7 Å². The first-order valence-corrected chi connectivity index (χ1v) is 7.99. The highest BCUT2D eigenvalue weighted by Gasteiger charge is 2.51. The van der Waals surface area contributed by atoms with Gasteiger partial charge in [-0.3, -0.25) is 9.63 Å². The Balaban J connectivity index is 1.55. The van der Waals surface area contributed by atoms with Gasteiger partial charge in [-0.1, -0.05) is 30.3 Å². The minimum Gasteiger partial charge on any atom is -0.336 e. The third-order valence-electron chi connectivity index (χ3n) is 5.26. The first-order valence-electron chi connectivity index (χ1n) is 7.99. The maximum absolute atomic E-state index is 12.9. The average Bonchev–Trinajstić information content (AvgIpc) is 3.05. The zero-order valence-corrected chi connectivity index (χ0v) is 12.4. The maximum atomic E-state index is 12.9. The van der Waals surface area contributed by atoms with Crippen LogP contribution in [0.15, 0.2) is 30.3 Å². The molecule has 4 heteroatoms. The Bertz CT molecular complexity index is 533. The van der Waals surface area contributed by atoms with Crippen LogP contribution in [0.5, 0.6) is 0 Å². The van der Waals surface area contributed by atoms with Crippen molar-refractivity contribution in [3.05, 3.63) is 35.9 Å². The first-order chi connectivity index (χ1) is 10.2. The summed E-state index contributed by atoms with van der Waals surface area (Å²) >= 11 is 0. The van der Waals surface area contributed by atoms with E-state index < -0.39 is 0 Å². The summed E-state index contributed by atoms with van der Waals surface area (Å²) in [4.78, 5) is 20.9. The minimum atomic E-state index is -0.0815. The second kappa shape index (κ2) is 5.11. The average molecular weight is 286 g/mol. The van der Waals surface area contributed by atoms with E-state index in [0.29, 0.717) is 31.2 Å². The summed E-state index contributed by atoms with van der Waals surface area (Å²) in [5.74, 6) is 0.655. The maximum Gasteiger partial charge on any atom is 0.243 e. The number of fused-ring (bicyclic) bond motifs is 2. The molecule has 1 amide bonds. The molecule has 3 heterocycles. The highest BCUT2D eigenvalue weighted by atomic mass is 16.7. The van der Waals surface area contributed by atoms with Crippen molar-refractivity contribution >= 4 is 5.91 Å². The highest BCUT2D eigenvalue weighted by Crippen LogP contribution is 2.40. The molecule has 3 aliphatic heterocycles. The number of hydrogen-bond acceptors (Lipinski definition) is 3. The lowest BCUT2D eigenvalue weighted by molar-refractivity contribution is -0.168. The molecule has 3 aliphatic rings. The fraction of sp³-hybridized carbons (Fsp3) is 0.588. The number of benzene rings is 1. The van der Waals surface area contributed by atoms with Gasteiger partial charge in [0.05, 0.1) is 6.61 Å². The summed E-state index contributed by atoms with van der Waals surface area (Å²) < 4.78 is 0. The van der Waals surface area contributed by atoms with E-state index in [0.717, 1.165) is 19.3 Å². The summed E-state index contributed by atoms with van der Waals surface area (Å²) in [6.45, 7) is 3.57. The first kappa shape index (κ1) is 13.3. The van der Waals surface area contributed by atoms with E-state index in [4.69, 9.17) is 4.84 Å². The van der Waals surface area contributed by atoms with Crippen LogP contribution in [-0.2, 0) is 16.2 Å². The normalized spacial score (nSPS) is 35.9. The van der Waals surface area contributed by atoms with E-state index in [-0.39, 0.29) is 11.9 Å². The molecular weight excluding hydrogens is 264 g/mol. The molecule has 0 N–H and O–H groups in total. The molecule has 21 heavy (non-hydrogen) atoms. The highest BCUT2D eigenvalue weighted by molar-refractivity contribution is 5.84. The summed E-state index contributed by atoms with van der Waals surface area (Å²) in [5.41, 5.74) is 1.20. The predicted octanol–water partition coefficient (Wildman–Crippen LogP) is 2.20. The zero-order valence-electron chi connectivity index (χ0n) is 12.4. The Morgan fingerprint density at radius 3 is 2.86 bits per heavy atom. The van der Waals surface area contributed by atoms with E-state index in [1.165, 1.54) is 5.56 Å². The van der Waals surface area contributed by atoms with Gasteiger partial charge in [-0.25, -0.2) is 0 Å². The van der Waals surface area contributed by atoms with Crippen molar-refractivity contribution in [1.82, 2.24) is 9.96 Å². The van der Waals surface area contributed by atoms with Gasteiger partial charge in [-0.2, -0.15) is 5.06 Å². The van der Waals surface area contributed by atoms with Gasteiger partial charge in [0.25, 0.3) is 0 Å². The standard InChI is InChI=1S/C17H22N2O2/c1-12-7-8-15-9-14-11-21-18(16(14)17(20)19(12)15)10-13-5-3-2-4-6-13/h2-6,12,14-16H,7-11H2,1H3/t12-,14?,15?,16?/m1/s1. The zero-order chi connectivity index (χ0) is 14.4. The van der Waals surface area contributed by atoms with Crippen molar-refractivity contribution in [1.29, 1.82) is 0 Å². The summed E-state index contributed by atoms with van der Waals surface area (Å²) in [6.07, 6.45) is 3.41. The molecule has 4 nitrogen and oxygen atoms in total. The third-order valence-corrected chi connectivity index (χ3v) is 5.26. The fourth-order valence-corrected chi connectivity index (χ4v) is 4.23. The molecule has 4 rings (SSSR count). The topological polar surface area (TPSA) is 32.8 Å². The number of nitrogens with zero attached hydrogens (tertiary/aromatic N) is 2. The van der Waals surface area contributed by atoms with E-state index in [1.807, 2.05) is 23.3 Å². The van der Waals surface area contributed by atoms with Gasteiger partial charge < -0.3 is 4.90 Å². The van der Waals surface area contributed by atoms with Crippen molar-refractivity contribution in [2.75, 3.05) is 6.61 Å². The van der Waals surface area contributed by atoms with Gasteiger partial charge in [-0.05, 0) is 31.7 Å². The number of rotatable bonds is 2. The smallest absolute Gasteiger partial charge is 0.243 e. The molecule has 0 saturated carbocycles. The molecule has 112 valence electrons. The molecule has 4 atom stereocenters. The van der Waals surface area contributed by atoms with Crippen LogP contribution in [0.3, 0.4) is 0 Å². The predicted molar refractivity (Wildman–Crippen MR) is 79.2 cm³/mol. The van der Waals surface area contributed by atoms with Crippen LogP contribution < -0.4 is 0 Å². The summed E-state index contributed by atoms with van der Waals surface area (Å²) in [5, 5.41) is 1.92. The number of carbonyl (C=O) groups is 1.